The number of ether oxygens (including phenoxy) is 2. The molecule has 0 bridgehead atoms. The Morgan fingerprint density at radius 2 is 1.91 bits per heavy atom. The van der Waals surface area contributed by atoms with Crippen molar-refractivity contribution < 1.29 is 19.1 Å². The standard InChI is InChI=1S/C17H25NO4/c1-4-22-16(19)10-11-18(12-14(2)17(20)21-3)13-15-8-6-5-7-9-15/h5-9,14H,4,10-13H2,1-3H3. The van der Waals surface area contributed by atoms with E-state index in [2.05, 4.69) is 4.90 Å². The molecule has 0 radical (unpaired) electrons. The van der Waals surface area contributed by atoms with Gasteiger partial charge in [-0.15, -0.1) is 0 Å². The average Bonchev–Trinajstić information content (AvgIpc) is 2.53. The van der Waals surface area contributed by atoms with Gasteiger partial charge < -0.3 is 9.47 Å². The molecular formula is C17H25NO4. The molecule has 0 aliphatic heterocycles. The highest BCUT2D eigenvalue weighted by molar-refractivity contribution is 5.72. The lowest BCUT2D eigenvalue weighted by Crippen LogP contribution is -2.33. The van der Waals surface area contributed by atoms with E-state index in [9.17, 15) is 9.59 Å². The summed E-state index contributed by atoms with van der Waals surface area (Å²) in [6, 6.07) is 9.97. The predicted molar refractivity (Wildman–Crippen MR) is 84.1 cm³/mol. The molecule has 0 N–H and O–H groups in total. The van der Waals surface area contributed by atoms with Crippen LogP contribution in [0.5, 0.6) is 0 Å². The summed E-state index contributed by atoms with van der Waals surface area (Å²) in [5, 5.41) is 0. The number of carbonyl (C=O) groups is 2. The molecule has 0 heterocycles. The first-order valence-electron chi connectivity index (χ1n) is 7.56. The van der Waals surface area contributed by atoms with Crippen molar-refractivity contribution in [1.82, 2.24) is 4.90 Å². The Morgan fingerprint density at radius 3 is 2.50 bits per heavy atom. The van der Waals surface area contributed by atoms with E-state index >= 15 is 0 Å². The van der Waals surface area contributed by atoms with Crippen molar-refractivity contribution in [3.05, 3.63) is 35.9 Å². The lowest BCUT2D eigenvalue weighted by Gasteiger charge is -2.24. The summed E-state index contributed by atoms with van der Waals surface area (Å²) in [5.41, 5.74) is 1.14. The molecule has 0 amide bonds. The van der Waals surface area contributed by atoms with E-state index in [0.717, 1.165) is 5.56 Å². The molecule has 0 aromatic heterocycles. The maximum atomic E-state index is 11.6. The molecule has 5 nitrogen and oxygen atoms in total. The minimum atomic E-state index is -0.241. The molecule has 0 saturated heterocycles. The molecule has 0 aliphatic rings. The van der Waals surface area contributed by atoms with Crippen molar-refractivity contribution in [2.75, 3.05) is 26.8 Å². The molecular weight excluding hydrogens is 282 g/mol. The van der Waals surface area contributed by atoms with Crippen LogP contribution < -0.4 is 0 Å². The van der Waals surface area contributed by atoms with Crippen LogP contribution in [-0.2, 0) is 25.6 Å². The predicted octanol–water partition coefficient (Wildman–Crippen LogP) is 2.25. The van der Waals surface area contributed by atoms with Crippen LogP contribution in [0.3, 0.4) is 0 Å². The maximum absolute atomic E-state index is 11.6. The number of rotatable bonds is 9. The Balaban J connectivity index is 2.63. The zero-order valence-corrected chi connectivity index (χ0v) is 13.6. The summed E-state index contributed by atoms with van der Waals surface area (Å²) in [7, 11) is 1.39. The van der Waals surface area contributed by atoms with Crippen LogP contribution in [0.2, 0.25) is 0 Å². The highest BCUT2D eigenvalue weighted by Crippen LogP contribution is 2.09. The summed E-state index contributed by atoms with van der Waals surface area (Å²) in [5.74, 6) is -0.698. The molecule has 0 saturated carbocycles. The summed E-state index contributed by atoms with van der Waals surface area (Å²) in [4.78, 5) is 25.2. The number of benzene rings is 1. The zero-order valence-electron chi connectivity index (χ0n) is 13.6. The second-order valence-corrected chi connectivity index (χ2v) is 5.20. The van der Waals surface area contributed by atoms with E-state index < -0.39 is 0 Å². The molecule has 0 spiro atoms. The second kappa shape index (κ2) is 9.95. The molecule has 1 aromatic carbocycles. The van der Waals surface area contributed by atoms with E-state index in [1.807, 2.05) is 37.3 Å². The smallest absolute Gasteiger partial charge is 0.309 e. The third-order valence-corrected chi connectivity index (χ3v) is 3.32. The first-order valence-corrected chi connectivity index (χ1v) is 7.56. The first-order chi connectivity index (χ1) is 10.6. The third-order valence-electron chi connectivity index (χ3n) is 3.32. The normalized spacial score (nSPS) is 12.0. The van der Waals surface area contributed by atoms with E-state index in [0.29, 0.717) is 32.7 Å². The molecule has 22 heavy (non-hydrogen) atoms. The fourth-order valence-electron chi connectivity index (χ4n) is 2.22. The molecule has 1 atom stereocenters. The minimum Gasteiger partial charge on any atom is -0.469 e. The Bertz CT molecular complexity index is 461. The Labute approximate surface area is 132 Å². The van der Waals surface area contributed by atoms with Crippen LogP contribution >= 0.6 is 0 Å². The number of nitrogens with zero attached hydrogens (tertiary/aromatic N) is 1. The number of hydrogen-bond acceptors (Lipinski definition) is 5. The van der Waals surface area contributed by atoms with Gasteiger partial charge in [-0.05, 0) is 12.5 Å². The summed E-state index contributed by atoms with van der Waals surface area (Å²) in [6.07, 6.45) is 0.314. The average molecular weight is 307 g/mol. The largest absolute Gasteiger partial charge is 0.469 e. The highest BCUT2D eigenvalue weighted by atomic mass is 16.5. The van der Waals surface area contributed by atoms with E-state index in [4.69, 9.17) is 9.47 Å². The molecule has 122 valence electrons. The second-order valence-electron chi connectivity index (χ2n) is 5.20. The third kappa shape index (κ3) is 6.72. The Morgan fingerprint density at radius 1 is 1.23 bits per heavy atom. The van der Waals surface area contributed by atoms with Gasteiger partial charge >= 0.3 is 11.9 Å². The Hall–Kier alpha value is -1.88. The lowest BCUT2D eigenvalue weighted by molar-refractivity contribution is -0.145. The fourth-order valence-corrected chi connectivity index (χ4v) is 2.22. The Kier molecular flexibility index (Phi) is 8.22. The fraction of sp³-hybridized carbons (Fsp3) is 0.529. The molecule has 5 heteroatoms. The van der Waals surface area contributed by atoms with Crippen molar-refractivity contribution in [3.63, 3.8) is 0 Å². The SMILES string of the molecule is CCOC(=O)CCN(Cc1ccccc1)CC(C)C(=O)OC. The highest BCUT2D eigenvalue weighted by Gasteiger charge is 2.18. The van der Waals surface area contributed by atoms with Crippen LogP contribution in [0, 0.1) is 5.92 Å². The molecule has 1 unspecified atom stereocenters. The number of esters is 2. The van der Waals surface area contributed by atoms with Crippen molar-refractivity contribution in [1.29, 1.82) is 0 Å². The van der Waals surface area contributed by atoms with Gasteiger partial charge in [-0.2, -0.15) is 0 Å². The van der Waals surface area contributed by atoms with Crippen molar-refractivity contribution >= 4 is 11.9 Å². The van der Waals surface area contributed by atoms with Crippen molar-refractivity contribution in [2.45, 2.75) is 26.8 Å². The van der Waals surface area contributed by atoms with Gasteiger partial charge in [0.2, 0.25) is 0 Å². The van der Waals surface area contributed by atoms with E-state index in [-0.39, 0.29) is 17.9 Å². The van der Waals surface area contributed by atoms with E-state index in [1.165, 1.54) is 7.11 Å². The van der Waals surface area contributed by atoms with E-state index in [1.54, 1.807) is 6.92 Å². The van der Waals surface area contributed by atoms with Gasteiger partial charge in [-0.1, -0.05) is 37.3 Å². The van der Waals surface area contributed by atoms with Gasteiger partial charge in [0.15, 0.2) is 0 Å². The maximum Gasteiger partial charge on any atom is 0.309 e. The topological polar surface area (TPSA) is 55.8 Å². The summed E-state index contributed by atoms with van der Waals surface area (Å²) < 4.78 is 9.73. The number of carbonyl (C=O) groups excluding carboxylic acids is 2. The van der Waals surface area contributed by atoms with Gasteiger partial charge in [-0.25, -0.2) is 0 Å². The van der Waals surface area contributed by atoms with Gasteiger partial charge in [0.1, 0.15) is 0 Å². The van der Waals surface area contributed by atoms with Crippen molar-refractivity contribution in [3.8, 4) is 0 Å². The quantitative estimate of drug-likeness (QED) is 0.655. The van der Waals surface area contributed by atoms with Gasteiger partial charge in [-0.3, -0.25) is 14.5 Å². The van der Waals surface area contributed by atoms with Crippen LogP contribution in [0.15, 0.2) is 30.3 Å². The van der Waals surface area contributed by atoms with Crippen LogP contribution in [0.25, 0.3) is 0 Å². The molecule has 0 fully saturated rings. The monoisotopic (exact) mass is 307 g/mol. The number of methoxy groups -OCH3 is 1. The van der Waals surface area contributed by atoms with Gasteiger partial charge in [0, 0.05) is 19.6 Å². The van der Waals surface area contributed by atoms with Crippen molar-refractivity contribution in [2.24, 2.45) is 5.92 Å². The minimum absolute atomic E-state index is 0.216. The summed E-state index contributed by atoms with van der Waals surface area (Å²) >= 11 is 0. The zero-order chi connectivity index (χ0) is 16.4. The molecule has 1 aromatic rings. The molecule has 1 rings (SSSR count). The summed E-state index contributed by atoms with van der Waals surface area (Å²) in [6.45, 7) is 5.78. The molecule has 0 aliphatic carbocycles. The van der Waals surface area contributed by atoms with Crippen LogP contribution in [0.1, 0.15) is 25.8 Å². The first kappa shape index (κ1) is 18.2. The lowest BCUT2D eigenvalue weighted by atomic mass is 10.1. The van der Waals surface area contributed by atoms with Gasteiger partial charge in [0.25, 0.3) is 0 Å². The van der Waals surface area contributed by atoms with Crippen LogP contribution in [0.4, 0.5) is 0 Å². The van der Waals surface area contributed by atoms with Crippen LogP contribution in [-0.4, -0.2) is 43.6 Å². The van der Waals surface area contributed by atoms with Gasteiger partial charge in [0.05, 0.1) is 26.1 Å². The number of hydrogen-bond donors (Lipinski definition) is 0.